The first-order valence-corrected chi connectivity index (χ1v) is 10.4. The van der Waals surface area contributed by atoms with Crippen molar-refractivity contribution in [1.29, 1.82) is 0 Å². The summed E-state index contributed by atoms with van der Waals surface area (Å²) in [5, 5.41) is 3.41. The molecule has 0 bridgehead atoms. The maximum Gasteiger partial charge on any atom is 0.242 e. The maximum absolute atomic E-state index is 13.0. The number of likely N-dealkylation sites (N-methyl/N-ethyl adjacent to an activating group) is 1. The van der Waals surface area contributed by atoms with Crippen molar-refractivity contribution in [3.8, 4) is 0 Å². The van der Waals surface area contributed by atoms with Crippen LogP contribution in [0.3, 0.4) is 0 Å². The van der Waals surface area contributed by atoms with Crippen LogP contribution in [0.1, 0.15) is 51.5 Å². The number of rotatable bonds is 2. The SMILES string of the molecule is CC1CCCC(C)N1c1ncnc2c1CN(C1CCNCC1)C(=O)CN2C. The molecule has 0 aromatic carbocycles. The van der Waals surface area contributed by atoms with Gasteiger partial charge in [-0.15, -0.1) is 0 Å². The summed E-state index contributed by atoms with van der Waals surface area (Å²) in [5.41, 5.74) is 1.12. The van der Waals surface area contributed by atoms with E-state index in [1.54, 1.807) is 6.33 Å². The third kappa shape index (κ3) is 3.49. The molecule has 3 aliphatic heterocycles. The standard InChI is InChI=1S/C20H32N6O/c1-14-5-4-6-15(2)26(14)20-17-11-25(16-7-9-21-10-8-16)18(27)12-24(3)19(17)22-13-23-20/h13-16,21H,4-12H2,1-3H3. The van der Waals surface area contributed by atoms with Crippen LogP contribution in [-0.2, 0) is 11.3 Å². The number of hydrogen-bond acceptors (Lipinski definition) is 6. The first-order valence-electron chi connectivity index (χ1n) is 10.4. The van der Waals surface area contributed by atoms with Gasteiger partial charge in [-0.2, -0.15) is 0 Å². The number of nitrogens with one attached hydrogen (secondary N) is 1. The molecule has 7 nitrogen and oxygen atoms in total. The number of carbonyl (C=O) groups is 1. The van der Waals surface area contributed by atoms with Gasteiger partial charge >= 0.3 is 0 Å². The van der Waals surface area contributed by atoms with Gasteiger partial charge in [-0.3, -0.25) is 4.79 Å². The number of piperidine rings is 2. The van der Waals surface area contributed by atoms with Gasteiger partial charge in [-0.05, 0) is 59.0 Å². The van der Waals surface area contributed by atoms with E-state index in [-0.39, 0.29) is 5.91 Å². The number of fused-ring (bicyclic) bond motifs is 1. The quantitative estimate of drug-likeness (QED) is 0.854. The average molecular weight is 373 g/mol. The molecule has 7 heteroatoms. The molecule has 0 spiro atoms. The molecule has 27 heavy (non-hydrogen) atoms. The molecule has 4 rings (SSSR count). The van der Waals surface area contributed by atoms with Crippen LogP contribution in [0.15, 0.2) is 6.33 Å². The Balaban J connectivity index is 1.73. The van der Waals surface area contributed by atoms with E-state index in [2.05, 4.69) is 33.9 Å². The Hall–Kier alpha value is -1.89. The van der Waals surface area contributed by atoms with E-state index >= 15 is 0 Å². The van der Waals surface area contributed by atoms with Crippen molar-refractivity contribution < 1.29 is 4.79 Å². The van der Waals surface area contributed by atoms with Crippen LogP contribution in [0.4, 0.5) is 11.6 Å². The molecule has 4 heterocycles. The van der Waals surface area contributed by atoms with Crippen molar-refractivity contribution in [3.05, 3.63) is 11.9 Å². The third-order valence-corrected chi connectivity index (χ3v) is 6.47. The van der Waals surface area contributed by atoms with Crippen LogP contribution in [0, 0.1) is 0 Å². The third-order valence-electron chi connectivity index (χ3n) is 6.47. The Morgan fingerprint density at radius 1 is 1.00 bits per heavy atom. The highest BCUT2D eigenvalue weighted by molar-refractivity contribution is 5.84. The van der Waals surface area contributed by atoms with Crippen molar-refractivity contribution in [2.75, 3.05) is 36.5 Å². The molecule has 1 aromatic rings. The molecule has 1 N–H and O–H groups in total. The van der Waals surface area contributed by atoms with Crippen LogP contribution in [-0.4, -0.2) is 65.6 Å². The minimum atomic E-state index is 0.202. The zero-order valence-electron chi connectivity index (χ0n) is 16.8. The van der Waals surface area contributed by atoms with E-state index in [4.69, 9.17) is 4.98 Å². The zero-order chi connectivity index (χ0) is 19.0. The van der Waals surface area contributed by atoms with E-state index in [1.165, 1.54) is 19.3 Å². The van der Waals surface area contributed by atoms with Gasteiger partial charge in [0.2, 0.25) is 5.91 Å². The van der Waals surface area contributed by atoms with Crippen LogP contribution in [0.25, 0.3) is 0 Å². The highest BCUT2D eigenvalue weighted by Gasteiger charge is 2.35. The summed E-state index contributed by atoms with van der Waals surface area (Å²) in [4.78, 5) is 28.9. The Morgan fingerprint density at radius 3 is 2.37 bits per heavy atom. The lowest BCUT2D eigenvalue weighted by Crippen LogP contribution is -2.47. The number of amides is 1. The second-order valence-electron chi connectivity index (χ2n) is 8.39. The lowest BCUT2D eigenvalue weighted by Gasteiger charge is -2.41. The van der Waals surface area contributed by atoms with E-state index in [0.29, 0.717) is 31.2 Å². The minimum Gasteiger partial charge on any atom is -0.351 e. The summed E-state index contributed by atoms with van der Waals surface area (Å²) in [6.07, 6.45) is 7.36. The smallest absolute Gasteiger partial charge is 0.242 e. The lowest BCUT2D eigenvalue weighted by atomic mass is 9.96. The van der Waals surface area contributed by atoms with E-state index in [9.17, 15) is 4.79 Å². The van der Waals surface area contributed by atoms with Crippen molar-refractivity contribution in [1.82, 2.24) is 20.2 Å². The summed E-state index contributed by atoms with van der Waals surface area (Å²) >= 11 is 0. The molecule has 2 unspecified atom stereocenters. The summed E-state index contributed by atoms with van der Waals surface area (Å²) < 4.78 is 0. The highest BCUT2D eigenvalue weighted by Crippen LogP contribution is 2.36. The fourth-order valence-electron chi connectivity index (χ4n) is 5.00. The first kappa shape index (κ1) is 18.5. The number of carbonyl (C=O) groups excluding carboxylic acids is 1. The van der Waals surface area contributed by atoms with E-state index in [0.717, 1.165) is 43.1 Å². The van der Waals surface area contributed by atoms with E-state index in [1.807, 2.05) is 11.9 Å². The molecule has 3 aliphatic rings. The summed E-state index contributed by atoms with van der Waals surface area (Å²) in [7, 11) is 1.97. The van der Waals surface area contributed by atoms with Gasteiger partial charge in [0.1, 0.15) is 18.0 Å². The Bertz CT molecular complexity index is 679. The van der Waals surface area contributed by atoms with Crippen LogP contribution in [0.2, 0.25) is 0 Å². The van der Waals surface area contributed by atoms with Gasteiger partial charge < -0.3 is 20.0 Å². The van der Waals surface area contributed by atoms with Gasteiger partial charge in [0, 0.05) is 25.2 Å². The topological polar surface area (TPSA) is 64.6 Å². The highest BCUT2D eigenvalue weighted by atomic mass is 16.2. The first-order chi connectivity index (χ1) is 13.1. The van der Waals surface area contributed by atoms with Gasteiger partial charge in [0.15, 0.2) is 0 Å². The van der Waals surface area contributed by atoms with Gasteiger partial charge in [-0.1, -0.05) is 0 Å². The molecule has 2 atom stereocenters. The molecule has 2 saturated heterocycles. The van der Waals surface area contributed by atoms with Crippen molar-refractivity contribution >= 4 is 17.5 Å². The molecular weight excluding hydrogens is 340 g/mol. The van der Waals surface area contributed by atoms with Crippen molar-refractivity contribution in [3.63, 3.8) is 0 Å². The lowest BCUT2D eigenvalue weighted by molar-refractivity contribution is -0.133. The molecule has 1 aromatic heterocycles. The number of anilines is 2. The summed E-state index contributed by atoms with van der Waals surface area (Å²) in [6, 6.07) is 1.23. The van der Waals surface area contributed by atoms with Gasteiger partial charge in [-0.25, -0.2) is 9.97 Å². The summed E-state index contributed by atoms with van der Waals surface area (Å²) in [5.74, 6) is 2.14. The molecule has 0 aliphatic carbocycles. The molecule has 0 saturated carbocycles. The molecule has 148 valence electrons. The molecule has 2 fully saturated rings. The maximum atomic E-state index is 13.0. The van der Waals surface area contributed by atoms with Crippen molar-refractivity contribution in [2.24, 2.45) is 0 Å². The van der Waals surface area contributed by atoms with Gasteiger partial charge in [0.25, 0.3) is 0 Å². The van der Waals surface area contributed by atoms with E-state index < -0.39 is 0 Å². The second kappa shape index (κ2) is 7.62. The average Bonchev–Trinajstić information content (AvgIpc) is 2.79. The predicted octanol–water partition coefficient (Wildman–Crippen LogP) is 1.77. The van der Waals surface area contributed by atoms with Crippen LogP contribution < -0.4 is 15.1 Å². The predicted molar refractivity (Wildman–Crippen MR) is 107 cm³/mol. The molecule has 0 radical (unpaired) electrons. The molecular formula is C20H32N6O. The fourth-order valence-corrected chi connectivity index (χ4v) is 5.00. The molecule has 1 amide bonds. The number of nitrogens with zero attached hydrogens (tertiary/aromatic N) is 5. The van der Waals surface area contributed by atoms with Crippen LogP contribution >= 0.6 is 0 Å². The Morgan fingerprint density at radius 2 is 1.67 bits per heavy atom. The second-order valence-corrected chi connectivity index (χ2v) is 8.39. The van der Waals surface area contributed by atoms with Gasteiger partial charge in [0.05, 0.1) is 18.7 Å². The van der Waals surface area contributed by atoms with Crippen molar-refractivity contribution in [2.45, 2.75) is 70.6 Å². The fraction of sp³-hybridized carbons (Fsp3) is 0.750. The number of aromatic nitrogens is 2. The van der Waals surface area contributed by atoms with Crippen LogP contribution in [0.5, 0.6) is 0 Å². The minimum absolute atomic E-state index is 0.202. The normalized spacial score (nSPS) is 27.5. The largest absolute Gasteiger partial charge is 0.351 e. The Kier molecular flexibility index (Phi) is 5.21. The zero-order valence-corrected chi connectivity index (χ0v) is 16.8. The Labute approximate surface area is 162 Å². The monoisotopic (exact) mass is 372 g/mol. The number of hydrogen-bond donors (Lipinski definition) is 1. The summed E-state index contributed by atoms with van der Waals surface area (Å²) in [6.45, 7) is 7.55.